The molecule has 1 saturated carbocycles. The topological polar surface area (TPSA) is 0 Å². The van der Waals surface area contributed by atoms with E-state index in [0.717, 1.165) is 6.42 Å². The summed E-state index contributed by atoms with van der Waals surface area (Å²) in [5.74, 6) is 0. The lowest BCUT2D eigenvalue weighted by Crippen LogP contribution is -2.14. The molecule has 0 atom stereocenters. The highest BCUT2D eigenvalue weighted by atomic mass is 14.3. The maximum Gasteiger partial charge on any atom is -0.0326 e. The molecule has 1 aliphatic carbocycles. The fourth-order valence-electron chi connectivity index (χ4n) is 2.26. The van der Waals surface area contributed by atoms with E-state index in [9.17, 15) is 0 Å². The zero-order valence-electron chi connectivity index (χ0n) is 7.86. The second kappa shape index (κ2) is 4.13. The summed E-state index contributed by atoms with van der Waals surface area (Å²) in [4.78, 5) is 0. The summed E-state index contributed by atoms with van der Waals surface area (Å²) >= 11 is 0. The van der Waals surface area contributed by atoms with Gasteiger partial charge in [-0.25, -0.2) is 0 Å². The molecule has 0 heterocycles. The van der Waals surface area contributed by atoms with Gasteiger partial charge in [-0.15, -0.1) is 0 Å². The second-order valence-electron chi connectivity index (χ2n) is 4.33. The Morgan fingerprint density at radius 1 is 1.09 bits per heavy atom. The molecule has 0 aromatic rings. The predicted molar refractivity (Wildman–Crippen MR) is 50.4 cm³/mol. The van der Waals surface area contributed by atoms with Crippen molar-refractivity contribution in [3.05, 3.63) is 6.92 Å². The van der Waals surface area contributed by atoms with Gasteiger partial charge >= 0.3 is 0 Å². The van der Waals surface area contributed by atoms with E-state index < -0.39 is 0 Å². The number of hydrogen-bond donors (Lipinski definition) is 0. The van der Waals surface area contributed by atoms with E-state index in [1.807, 2.05) is 0 Å². The third-order valence-corrected chi connectivity index (χ3v) is 3.09. The van der Waals surface area contributed by atoms with Crippen LogP contribution in [0.2, 0.25) is 0 Å². The lowest BCUT2D eigenvalue weighted by atomic mass is 9.79. The van der Waals surface area contributed by atoms with Crippen LogP contribution in [0, 0.1) is 12.3 Å². The molecule has 0 heteroatoms. The molecule has 65 valence electrons. The van der Waals surface area contributed by atoms with Crippen LogP contribution in [-0.2, 0) is 0 Å². The molecule has 0 aliphatic heterocycles. The quantitative estimate of drug-likeness (QED) is 0.527. The van der Waals surface area contributed by atoms with Crippen LogP contribution in [0.3, 0.4) is 0 Å². The summed E-state index contributed by atoms with van der Waals surface area (Å²) < 4.78 is 0. The molecule has 1 aliphatic rings. The highest BCUT2D eigenvalue weighted by molar-refractivity contribution is 4.77. The Labute approximate surface area is 71.4 Å². The van der Waals surface area contributed by atoms with Crippen molar-refractivity contribution in [1.29, 1.82) is 0 Å². The van der Waals surface area contributed by atoms with Gasteiger partial charge in [-0.1, -0.05) is 46.0 Å². The van der Waals surface area contributed by atoms with Gasteiger partial charge in [-0.2, -0.15) is 0 Å². The number of hydrogen-bond acceptors (Lipinski definition) is 0. The Kier molecular flexibility index (Phi) is 3.42. The highest BCUT2D eigenvalue weighted by Crippen LogP contribution is 2.38. The average Bonchev–Trinajstić information content (AvgIpc) is 2.15. The number of rotatable bonds is 2. The Hall–Kier alpha value is 0. The van der Waals surface area contributed by atoms with Crippen molar-refractivity contribution in [2.75, 3.05) is 0 Å². The van der Waals surface area contributed by atoms with Crippen LogP contribution in [0.4, 0.5) is 0 Å². The smallest absolute Gasteiger partial charge is 0.0326 e. The lowest BCUT2D eigenvalue weighted by Gasteiger charge is -2.27. The molecule has 0 saturated heterocycles. The van der Waals surface area contributed by atoms with Gasteiger partial charge in [-0.05, 0) is 24.7 Å². The first-order valence-electron chi connectivity index (χ1n) is 5.06. The van der Waals surface area contributed by atoms with Gasteiger partial charge in [-0.3, -0.25) is 0 Å². The first kappa shape index (κ1) is 9.09. The molecule has 1 rings (SSSR count). The fraction of sp³-hybridized carbons (Fsp3) is 0.909. The minimum atomic E-state index is 0.651. The molecule has 0 aromatic carbocycles. The molecule has 1 fully saturated rings. The molecular weight excluding hydrogens is 132 g/mol. The highest BCUT2D eigenvalue weighted by Gasteiger charge is 2.23. The first-order chi connectivity index (χ1) is 5.27. The Bertz CT molecular complexity index is 96.6. The van der Waals surface area contributed by atoms with Gasteiger partial charge in [0.1, 0.15) is 0 Å². The molecule has 11 heavy (non-hydrogen) atoms. The van der Waals surface area contributed by atoms with E-state index in [4.69, 9.17) is 0 Å². The Balaban J connectivity index is 2.38. The van der Waals surface area contributed by atoms with Gasteiger partial charge in [0.25, 0.3) is 0 Å². The molecule has 0 N–H and O–H groups in total. The molecule has 0 spiro atoms. The average molecular weight is 153 g/mol. The normalized spacial score (nSPS) is 24.5. The van der Waals surface area contributed by atoms with Crippen molar-refractivity contribution in [2.45, 2.75) is 58.3 Å². The van der Waals surface area contributed by atoms with Crippen LogP contribution in [0.1, 0.15) is 58.3 Å². The maximum absolute atomic E-state index is 3.96. The van der Waals surface area contributed by atoms with E-state index in [-0.39, 0.29) is 0 Å². The predicted octanol–water partition coefficient (Wildman–Crippen LogP) is 3.96. The Morgan fingerprint density at radius 2 is 1.64 bits per heavy atom. The lowest BCUT2D eigenvalue weighted by molar-refractivity contribution is 0.256. The van der Waals surface area contributed by atoms with Crippen molar-refractivity contribution < 1.29 is 0 Å². The summed E-state index contributed by atoms with van der Waals surface area (Å²) in [5.41, 5.74) is 0.651. The minimum absolute atomic E-state index is 0.651. The fourth-order valence-corrected chi connectivity index (χ4v) is 2.26. The summed E-state index contributed by atoms with van der Waals surface area (Å²) in [5, 5.41) is 0. The molecule has 1 radical (unpaired) electrons. The summed E-state index contributed by atoms with van der Waals surface area (Å²) in [7, 11) is 0. The molecule has 0 amide bonds. The second-order valence-corrected chi connectivity index (χ2v) is 4.33. The monoisotopic (exact) mass is 153 g/mol. The van der Waals surface area contributed by atoms with Gasteiger partial charge in [0, 0.05) is 0 Å². The molecule has 0 nitrogen and oxygen atoms in total. The first-order valence-corrected chi connectivity index (χ1v) is 5.06. The zero-order valence-corrected chi connectivity index (χ0v) is 7.86. The van der Waals surface area contributed by atoms with Gasteiger partial charge in [0.15, 0.2) is 0 Å². The van der Waals surface area contributed by atoms with Crippen LogP contribution >= 0.6 is 0 Å². The van der Waals surface area contributed by atoms with E-state index in [2.05, 4.69) is 13.8 Å². The molecule has 0 bridgehead atoms. The van der Waals surface area contributed by atoms with E-state index in [1.54, 1.807) is 0 Å². The third kappa shape index (κ3) is 2.84. The van der Waals surface area contributed by atoms with Crippen molar-refractivity contribution in [2.24, 2.45) is 5.41 Å². The van der Waals surface area contributed by atoms with Crippen molar-refractivity contribution in [3.8, 4) is 0 Å². The largest absolute Gasteiger partial charge is 0.0596 e. The van der Waals surface area contributed by atoms with Crippen molar-refractivity contribution in [1.82, 2.24) is 0 Å². The SMILES string of the molecule is [CH2]CCC1(C)CCCCCC1. The van der Waals surface area contributed by atoms with E-state index >= 15 is 0 Å². The Morgan fingerprint density at radius 3 is 2.09 bits per heavy atom. The van der Waals surface area contributed by atoms with Crippen LogP contribution in [0.15, 0.2) is 0 Å². The summed E-state index contributed by atoms with van der Waals surface area (Å²) in [6, 6.07) is 0. The maximum atomic E-state index is 3.96. The molecular formula is C11H21. The van der Waals surface area contributed by atoms with Crippen molar-refractivity contribution >= 4 is 0 Å². The third-order valence-electron chi connectivity index (χ3n) is 3.09. The standard InChI is InChI=1S/C11H21/c1-3-8-11(2)9-6-4-5-7-10-11/h1,3-10H2,2H3. The summed E-state index contributed by atoms with van der Waals surface area (Å²) in [6.45, 7) is 6.40. The van der Waals surface area contributed by atoms with E-state index in [1.165, 1.54) is 44.9 Å². The van der Waals surface area contributed by atoms with Crippen LogP contribution in [0.5, 0.6) is 0 Å². The van der Waals surface area contributed by atoms with Gasteiger partial charge in [0.2, 0.25) is 0 Å². The van der Waals surface area contributed by atoms with Crippen LogP contribution in [-0.4, -0.2) is 0 Å². The van der Waals surface area contributed by atoms with Gasteiger partial charge < -0.3 is 0 Å². The van der Waals surface area contributed by atoms with E-state index in [0.29, 0.717) is 5.41 Å². The summed E-state index contributed by atoms with van der Waals surface area (Å²) in [6.07, 6.45) is 11.2. The van der Waals surface area contributed by atoms with Crippen molar-refractivity contribution in [3.63, 3.8) is 0 Å². The molecule has 0 unspecified atom stereocenters. The van der Waals surface area contributed by atoms with Gasteiger partial charge in [0.05, 0.1) is 0 Å². The van der Waals surface area contributed by atoms with Crippen LogP contribution < -0.4 is 0 Å². The zero-order chi connectivity index (χ0) is 8.16. The molecule has 0 aromatic heterocycles. The van der Waals surface area contributed by atoms with Crippen LogP contribution in [0.25, 0.3) is 0 Å². The minimum Gasteiger partial charge on any atom is -0.0596 e.